The lowest BCUT2D eigenvalue weighted by atomic mass is 10.2. The van der Waals surface area contributed by atoms with Crippen LogP contribution in [0.25, 0.3) is 16.7 Å². The molecule has 31 heavy (non-hydrogen) atoms. The average Bonchev–Trinajstić information content (AvgIpc) is 3.26. The fourth-order valence-corrected chi connectivity index (χ4v) is 2.87. The number of anilines is 1. The Morgan fingerprint density at radius 3 is 2.71 bits per heavy atom. The zero-order valence-corrected chi connectivity index (χ0v) is 17.1. The summed E-state index contributed by atoms with van der Waals surface area (Å²) in [6, 6.07) is 7.93. The van der Waals surface area contributed by atoms with Gasteiger partial charge in [-0.25, -0.2) is 28.7 Å². The zero-order valence-electron chi connectivity index (χ0n) is 16.3. The molecule has 0 radical (unpaired) electrons. The number of aryl methyl sites for hydroxylation is 1. The number of aromatic nitrogens is 4. The quantitative estimate of drug-likeness (QED) is 0.304. The number of carboxylic acids is 1. The number of oxazole rings is 1. The third-order valence-corrected chi connectivity index (χ3v) is 4.32. The number of carbonyl (C=O) groups is 2. The van der Waals surface area contributed by atoms with Gasteiger partial charge in [0.1, 0.15) is 5.82 Å². The van der Waals surface area contributed by atoms with Crippen molar-refractivity contribution in [2.24, 2.45) is 7.05 Å². The molecule has 0 bridgehead atoms. The SMILES string of the molecule is COC(=O)c1cc(C(=O)O)nc2cc(N)nn12.Cn1c(=O)oc2ccc(CNCl)cc21. The van der Waals surface area contributed by atoms with Gasteiger partial charge in [-0.1, -0.05) is 6.07 Å². The molecule has 0 aliphatic heterocycles. The van der Waals surface area contributed by atoms with Crippen molar-refractivity contribution in [1.82, 2.24) is 24.0 Å². The van der Waals surface area contributed by atoms with E-state index >= 15 is 0 Å². The molecule has 0 saturated heterocycles. The number of hydrogen-bond donors (Lipinski definition) is 3. The van der Waals surface area contributed by atoms with Crippen LogP contribution < -0.4 is 16.3 Å². The van der Waals surface area contributed by atoms with E-state index in [2.05, 4.69) is 19.7 Å². The van der Waals surface area contributed by atoms with Crippen molar-refractivity contribution < 1.29 is 23.8 Å². The summed E-state index contributed by atoms with van der Waals surface area (Å²) >= 11 is 5.39. The largest absolute Gasteiger partial charge is 0.477 e. The van der Waals surface area contributed by atoms with E-state index < -0.39 is 11.9 Å². The van der Waals surface area contributed by atoms with Gasteiger partial charge in [-0.05, 0) is 29.5 Å². The van der Waals surface area contributed by atoms with Gasteiger partial charge in [0.15, 0.2) is 22.6 Å². The number of nitrogens with zero attached hydrogens (tertiary/aromatic N) is 4. The summed E-state index contributed by atoms with van der Waals surface area (Å²) in [4.78, 5) is 39.8. The molecule has 0 fully saturated rings. The lowest BCUT2D eigenvalue weighted by Crippen LogP contribution is -2.13. The monoisotopic (exact) mass is 448 g/mol. The first-order valence-electron chi connectivity index (χ1n) is 8.65. The highest BCUT2D eigenvalue weighted by Gasteiger charge is 2.18. The Hall–Kier alpha value is -3.90. The second kappa shape index (κ2) is 8.85. The maximum atomic E-state index is 11.5. The van der Waals surface area contributed by atoms with Crippen LogP contribution in [0.3, 0.4) is 0 Å². The molecule has 0 aliphatic carbocycles. The number of nitrogens with two attached hydrogens (primary N) is 1. The molecular weight excluding hydrogens is 432 g/mol. The van der Waals surface area contributed by atoms with Crippen molar-refractivity contribution in [2.45, 2.75) is 6.54 Å². The van der Waals surface area contributed by atoms with Crippen molar-refractivity contribution in [2.75, 3.05) is 12.8 Å². The van der Waals surface area contributed by atoms with Crippen LogP contribution in [0.4, 0.5) is 5.82 Å². The Labute approximate surface area is 178 Å². The van der Waals surface area contributed by atoms with Crippen molar-refractivity contribution >= 4 is 46.3 Å². The third kappa shape index (κ3) is 4.49. The minimum atomic E-state index is -1.25. The number of nitrogens with one attached hydrogen (secondary N) is 1. The minimum absolute atomic E-state index is 0.0494. The fourth-order valence-electron chi connectivity index (χ4n) is 2.71. The summed E-state index contributed by atoms with van der Waals surface area (Å²) in [6.07, 6.45) is 0. The topological polar surface area (TPSA) is 167 Å². The molecule has 162 valence electrons. The molecule has 12 nitrogen and oxygen atoms in total. The number of hydrogen-bond acceptors (Lipinski definition) is 9. The molecule has 0 atom stereocenters. The summed E-state index contributed by atoms with van der Waals surface area (Å²) in [5.41, 5.74) is 7.67. The average molecular weight is 449 g/mol. The number of fused-ring (bicyclic) bond motifs is 2. The number of ether oxygens (including phenoxy) is 1. The van der Waals surface area contributed by atoms with Gasteiger partial charge in [0.05, 0.1) is 12.6 Å². The molecule has 0 saturated carbocycles. The second-order valence-electron chi connectivity index (χ2n) is 6.20. The molecule has 1 aromatic carbocycles. The summed E-state index contributed by atoms with van der Waals surface area (Å²) < 4.78 is 12.1. The standard InChI is InChI=1S/C9H9ClN2O2.C9H8N4O4/c1-12-7-4-6(5-11-10)2-3-8(7)14-9(12)13;1-17-9(16)5-2-4(8(14)15)11-7-3-6(10)12-13(5)7/h2-4,11H,5H2,1H3;2-3H,1H3,(H2,10,12)(H,14,15). The summed E-state index contributed by atoms with van der Waals surface area (Å²) in [6.45, 7) is 0.552. The first-order chi connectivity index (χ1) is 14.7. The minimum Gasteiger partial charge on any atom is -0.477 e. The lowest BCUT2D eigenvalue weighted by Gasteiger charge is -2.03. The number of halogens is 1. The Kier molecular flexibility index (Phi) is 6.22. The molecule has 0 spiro atoms. The normalized spacial score (nSPS) is 10.7. The second-order valence-corrected chi connectivity index (χ2v) is 6.47. The number of esters is 1. The zero-order chi connectivity index (χ0) is 22.7. The number of benzene rings is 1. The predicted molar refractivity (Wildman–Crippen MR) is 110 cm³/mol. The van der Waals surface area contributed by atoms with E-state index in [4.69, 9.17) is 27.0 Å². The molecule has 0 aliphatic rings. The van der Waals surface area contributed by atoms with E-state index in [1.807, 2.05) is 12.1 Å². The number of carbonyl (C=O) groups excluding carboxylic acids is 1. The Bertz CT molecular complexity index is 1340. The van der Waals surface area contributed by atoms with Crippen LogP contribution >= 0.6 is 11.8 Å². The predicted octanol–water partition coefficient (Wildman–Crippen LogP) is 1.17. The number of nitrogen functional groups attached to an aromatic ring is 1. The van der Waals surface area contributed by atoms with Gasteiger partial charge in [-0.2, -0.15) is 0 Å². The van der Waals surface area contributed by atoms with E-state index in [1.165, 1.54) is 17.7 Å². The summed E-state index contributed by atoms with van der Waals surface area (Å²) in [5, 5.41) is 12.7. The highest BCUT2D eigenvalue weighted by molar-refractivity contribution is 6.13. The van der Waals surface area contributed by atoms with Gasteiger partial charge in [0, 0.05) is 25.7 Å². The summed E-state index contributed by atoms with van der Waals surface area (Å²) in [5.74, 6) is -2.19. The van der Waals surface area contributed by atoms with Gasteiger partial charge in [0.2, 0.25) is 0 Å². The number of methoxy groups -OCH3 is 1. The molecular formula is C18H17ClN6O6. The van der Waals surface area contributed by atoms with Crippen LogP contribution in [0.15, 0.2) is 39.5 Å². The first-order valence-corrected chi connectivity index (χ1v) is 9.02. The third-order valence-electron chi connectivity index (χ3n) is 4.19. The van der Waals surface area contributed by atoms with Crippen LogP contribution in [0.2, 0.25) is 0 Å². The van der Waals surface area contributed by atoms with E-state index in [0.717, 1.165) is 21.7 Å². The van der Waals surface area contributed by atoms with E-state index in [-0.39, 0.29) is 28.6 Å². The van der Waals surface area contributed by atoms with Gasteiger partial charge < -0.3 is 20.0 Å². The maximum absolute atomic E-state index is 11.5. The smallest absolute Gasteiger partial charge is 0.419 e. The van der Waals surface area contributed by atoms with E-state index in [0.29, 0.717) is 12.1 Å². The molecule has 4 aromatic rings. The van der Waals surface area contributed by atoms with Crippen molar-refractivity contribution in [1.29, 1.82) is 0 Å². The van der Waals surface area contributed by atoms with Gasteiger partial charge in [0.25, 0.3) is 0 Å². The number of aromatic carboxylic acids is 1. The van der Waals surface area contributed by atoms with Crippen LogP contribution in [-0.2, 0) is 18.3 Å². The lowest BCUT2D eigenvalue weighted by molar-refractivity contribution is 0.0590. The number of rotatable bonds is 4. The van der Waals surface area contributed by atoms with Crippen LogP contribution in [-0.4, -0.2) is 43.3 Å². The van der Waals surface area contributed by atoms with Crippen LogP contribution in [0.1, 0.15) is 26.5 Å². The van der Waals surface area contributed by atoms with Gasteiger partial charge >= 0.3 is 17.7 Å². The Morgan fingerprint density at radius 1 is 1.32 bits per heavy atom. The van der Waals surface area contributed by atoms with Gasteiger partial charge in [-0.15, -0.1) is 5.10 Å². The number of carboxylic acid groups (broad SMARTS) is 1. The summed E-state index contributed by atoms with van der Waals surface area (Å²) in [7, 11) is 2.86. The van der Waals surface area contributed by atoms with E-state index in [1.54, 1.807) is 13.1 Å². The molecule has 3 aromatic heterocycles. The van der Waals surface area contributed by atoms with Crippen molar-refractivity contribution in [3.8, 4) is 0 Å². The van der Waals surface area contributed by atoms with Crippen molar-refractivity contribution in [3.05, 3.63) is 57.8 Å². The first kappa shape index (κ1) is 21.8. The van der Waals surface area contributed by atoms with Crippen molar-refractivity contribution in [3.63, 3.8) is 0 Å². The maximum Gasteiger partial charge on any atom is 0.419 e. The highest BCUT2D eigenvalue weighted by Crippen LogP contribution is 2.14. The molecule has 13 heteroatoms. The highest BCUT2D eigenvalue weighted by atomic mass is 35.5. The van der Waals surface area contributed by atoms with Crippen LogP contribution in [0, 0.1) is 0 Å². The Balaban J connectivity index is 0.000000179. The Morgan fingerprint density at radius 2 is 2.06 bits per heavy atom. The van der Waals surface area contributed by atoms with E-state index in [9.17, 15) is 14.4 Å². The molecule has 0 unspecified atom stereocenters. The molecule has 4 N–H and O–H groups in total. The molecule has 3 heterocycles. The fraction of sp³-hybridized carbons (Fsp3) is 0.167. The molecule has 4 rings (SSSR count). The van der Waals surface area contributed by atoms with Crippen LogP contribution in [0.5, 0.6) is 0 Å². The molecule has 0 amide bonds. The van der Waals surface area contributed by atoms with Gasteiger partial charge in [-0.3, -0.25) is 4.57 Å².